The number of halogens is 3. The predicted octanol–water partition coefficient (Wildman–Crippen LogP) is 4.03. The van der Waals surface area contributed by atoms with Crippen LogP contribution in [0.25, 0.3) is 17.1 Å². The molecule has 0 atom stereocenters. The molecule has 0 amide bonds. The molecule has 4 nitrogen and oxygen atoms in total. The number of hydrogen-bond acceptors (Lipinski definition) is 3. The Hall–Kier alpha value is -1.93. The van der Waals surface area contributed by atoms with Crippen LogP contribution in [0, 0.1) is 16.4 Å². The summed E-state index contributed by atoms with van der Waals surface area (Å²) in [7, 11) is 0. The molecule has 0 radical (unpaired) electrons. The molecule has 0 saturated heterocycles. The van der Waals surface area contributed by atoms with Gasteiger partial charge < -0.3 is 0 Å². The lowest BCUT2D eigenvalue weighted by atomic mass is 10.2. The molecule has 21 heavy (non-hydrogen) atoms. The molecule has 0 unspecified atom stereocenters. The van der Waals surface area contributed by atoms with Gasteiger partial charge in [0.2, 0.25) is 0 Å². The number of hydrogen-bond donors (Lipinski definition) is 1. The number of rotatable bonds is 2. The minimum absolute atomic E-state index is 0.0127. The van der Waals surface area contributed by atoms with Crippen LogP contribution in [0.4, 0.5) is 8.78 Å². The van der Waals surface area contributed by atoms with Crippen LogP contribution in [0.2, 0.25) is 0 Å². The van der Waals surface area contributed by atoms with E-state index < -0.39 is 11.6 Å². The minimum atomic E-state index is -0.615. The van der Waals surface area contributed by atoms with Crippen LogP contribution in [-0.4, -0.2) is 19.7 Å². The zero-order chi connectivity index (χ0) is 15.0. The normalized spacial score (nSPS) is 10.8. The van der Waals surface area contributed by atoms with Gasteiger partial charge in [0.05, 0.1) is 10.2 Å². The van der Waals surface area contributed by atoms with E-state index in [2.05, 4.69) is 31.1 Å². The highest BCUT2D eigenvalue weighted by molar-refractivity contribution is 9.10. The van der Waals surface area contributed by atoms with Crippen LogP contribution in [0.5, 0.6) is 0 Å². The van der Waals surface area contributed by atoms with Crippen molar-refractivity contribution in [1.29, 1.82) is 0 Å². The van der Waals surface area contributed by atoms with Crippen LogP contribution < -0.4 is 0 Å². The van der Waals surface area contributed by atoms with E-state index >= 15 is 0 Å². The summed E-state index contributed by atoms with van der Waals surface area (Å²) in [4.78, 5) is 3.91. The zero-order valence-corrected chi connectivity index (χ0v) is 12.8. The molecule has 3 rings (SSSR count). The summed E-state index contributed by atoms with van der Waals surface area (Å²) in [6.45, 7) is 0. The lowest BCUT2D eigenvalue weighted by molar-refractivity contribution is 0.587. The highest BCUT2D eigenvalue weighted by Gasteiger charge is 2.16. The van der Waals surface area contributed by atoms with Crippen LogP contribution in [0.3, 0.4) is 0 Å². The van der Waals surface area contributed by atoms with Crippen molar-refractivity contribution in [3.05, 3.63) is 57.5 Å². The van der Waals surface area contributed by atoms with Crippen molar-refractivity contribution in [2.24, 2.45) is 0 Å². The summed E-state index contributed by atoms with van der Waals surface area (Å²) in [6.07, 6.45) is 3.16. The van der Waals surface area contributed by atoms with E-state index in [1.165, 1.54) is 4.57 Å². The van der Waals surface area contributed by atoms with Crippen LogP contribution in [-0.2, 0) is 0 Å². The molecule has 0 aliphatic heterocycles. The van der Waals surface area contributed by atoms with Crippen molar-refractivity contribution < 1.29 is 8.78 Å². The van der Waals surface area contributed by atoms with E-state index in [1.807, 2.05) is 0 Å². The quantitative estimate of drug-likeness (QED) is 0.548. The fraction of sp³-hybridized carbons (Fsp3) is 0. The molecule has 2 heterocycles. The van der Waals surface area contributed by atoms with Crippen molar-refractivity contribution in [2.75, 3.05) is 0 Å². The van der Waals surface area contributed by atoms with Gasteiger partial charge in [-0.05, 0) is 46.3 Å². The number of H-pyrrole nitrogens is 1. The van der Waals surface area contributed by atoms with Gasteiger partial charge >= 0.3 is 0 Å². The Morgan fingerprint density at radius 3 is 2.57 bits per heavy atom. The SMILES string of the molecule is Fc1cc(-n2c(-c3ccncc3)n[nH]c2=S)c(F)cc1Br. The Bertz CT molecular complexity index is 860. The number of aromatic nitrogens is 4. The number of benzene rings is 1. The number of pyridine rings is 1. The molecular formula is C13H7BrF2N4S. The first kappa shape index (κ1) is 14.0. The molecule has 2 aromatic heterocycles. The summed E-state index contributed by atoms with van der Waals surface area (Å²) in [5.41, 5.74) is 0.668. The third-order valence-electron chi connectivity index (χ3n) is 2.84. The molecule has 0 fully saturated rings. The Balaban J connectivity index is 2.27. The van der Waals surface area contributed by atoms with Crippen molar-refractivity contribution in [2.45, 2.75) is 0 Å². The van der Waals surface area contributed by atoms with Crippen LogP contribution >= 0.6 is 28.1 Å². The van der Waals surface area contributed by atoms with Gasteiger partial charge in [-0.15, -0.1) is 0 Å². The van der Waals surface area contributed by atoms with E-state index in [1.54, 1.807) is 24.5 Å². The molecule has 0 bridgehead atoms. The first-order valence-electron chi connectivity index (χ1n) is 5.80. The summed E-state index contributed by atoms with van der Waals surface area (Å²) in [6, 6.07) is 5.52. The first-order chi connectivity index (χ1) is 10.1. The summed E-state index contributed by atoms with van der Waals surface area (Å²) in [5.74, 6) is -0.825. The lowest BCUT2D eigenvalue weighted by Crippen LogP contribution is -2.02. The summed E-state index contributed by atoms with van der Waals surface area (Å²) < 4.78 is 29.4. The standard InChI is InChI=1S/C13H7BrF2N4S/c14-8-5-10(16)11(6-9(8)15)20-12(18-19-13(20)21)7-1-3-17-4-2-7/h1-6H,(H,19,21). The van der Waals surface area contributed by atoms with Crippen LogP contribution in [0.1, 0.15) is 0 Å². The van der Waals surface area contributed by atoms with Gasteiger partial charge in [-0.25, -0.2) is 8.78 Å². The minimum Gasteiger partial charge on any atom is -0.265 e. The molecule has 1 aromatic carbocycles. The molecule has 0 saturated carbocycles. The molecule has 8 heteroatoms. The van der Waals surface area contributed by atoms with Gasteiger partial charge in [0, 0.05) is 24.0 Å². The van der Waals surface area contributed by atoms with Crippen molar-refractivity contribution in [1.82, 2.24) is 19.7 Å². The van der Waals surface area contributed by atoms with E-state index in [0.717, 1.165) is 12.1 Å². The fourth-order valence-electron chi connectivity index (χ4n) is 1.90. The molecule has 0 aliphatic carbocycles. The summed E-state index contributed by atoms with van der Waals surface area (Å²) >= 11 is 8.06. The molecule has 106 valence electrons. The zero-order valence-electron chi connectivity index (χ0n) is 10.3. The fourth-order valence-corrected chi connectivity index (χ4v) is 2.44. The third kappa shape index (κ3) is 2.52. The molecular weight excluding hydrogens is 362 g/mol. The van der Waals surface area contributed by atoms with Gasteiger partial charge in [0.1, 0.15) is 11.6 Å². The van der Waals surface area contributed by atoms with Gasteiger partial charge in [0.15, 0.2) is 10.6 Å². The number of nitrogens with zero attached hydrogens (tertiary/aromatic N) is 3. The van der Waals surface area contributed by atoms with Gasteiger partial charge in [-0.3, -0.25) is 14.6 Å². The number of aromatic amines is 1. The van der Waals surface area contributed by atoms with E-state index in [9.17, 15) is 8.78 Å². The molecule has 3 aromatic rings. The lowest BCUT2D eigenvalue weighted by Gasteiger charge is -2.09. The smallest absolute Gasteiger partial charge is 0.200 e. The Morgan fingerprint density at radius 2 is 1.86 bits per heavy atom. The topological polar surface area (TPSA) is 46.5 Å². The second-order valence-corrected chi connectivity index (χ2v) is 5.38. The maximum atomic E-state index is 14.2. The maximum absolute atomic E-state index is 14.2. The maximum Gasteiger partial charge on any atom is 0.200 e. The average molecular weight is 369 g/mol. The van der Waals surface area contributed by atoms with Crippen molar-refractivity contribution in [3.8, 4) is 17.1 Å². The molecule has 0 aliphatic rings. The summed E-state index contributed by atoms with van der Waals surface area (Å²) in [5, 5.41) is 6.66. The third-order valence-corrected chi connectivity index (χ3v) is 3.72. The first-order valence-corrected chi connectivity index (χ1v) is 7.01. The highest BCUT2D eigenvalue weighted by Crippen LogP contribution is 2.26. The second kappa shape index (κ2) is 5.45. The van der Waals surface area contributed by atoms with Crippen molar-refractivity contribution in [3.63, 3.8) is 0 Å². The predicted molar refractivity (Wildman–Crippen MR) is 79.6 cm³/mol. The van der Waals surface area contributed by atoms with Gasteiger partial charge in [0.25, 0.3) is 0 Å². The number of nitrogens with one attached hydrogen (secondary N) is 1. The van der Waals surface area contributed by atoms with Crippen LogP contribution in [0.15, 0.2) is 41.1 Å². The Kier molecular flexibility index (Phi) is 3.64. The highest BCUT2D eigenvalue weighted by atomic mass is 79.9. The average Bonchev–Trinajstić information content (AvgIpc) is 2.85. The van der Waals surface area contributed by atoms with Gasteiger partial charge in [-0.2, -0.15) is 5.10 Å². The Labute approximate surface area is 131 Å². The van der Waals surface area contributed by atoms with E-state index in [-0.39, 0.29) is 14.9 Å². The van der Waals surface area contributed by atoms with E-state index in [4.69, 9.17) is 12.2 Å². The Morgan fingerprint density at radius 1 is 1.14 bits per heavy atom. The second-order valence-electron chi connectivity index (χ2n) is 4.14. The van der Waals surface area contributed by atoms with Gasteiger partial charge in [-0.1, -0.05) is 0 Å². The monoisotopic (exact) mass is 368 g/mol. The molecule has 0 spiro atoms. The van der Waals surface area contributed by atoms with Crippen molar-refractivity contribution >= 4 is 28.1 Å². The largest absolute Gasteiger partial charge is 0.265 e. The molecule has 1 N–H and O–H groups in total. The van der Waals surface area contributed by atoms with E-state index in [0.29, 0.717) is 11.4 Å².